The molecular weight excluding hydrogens is 384 g/mol. The van der Waals surface area contributed by atoms with E-state index >= 15 is 0 Å². The van der Waals surface area contributed by atoms with Gasteiger partial charge in [0.15, 0.2) is 5.78 Å². The van der Waals surface area contributed by atoms with E-state index < -0.39 is 17.6 Å². The van der Waals surface area contributed by atoms with E-state index in [1.807, 2.05) is 6.07 Å². The van der Waals surface area contributed by atoms with E-state index in [2.05, 4.69) is 5.32 Å². The number of amides is 1. The first-order valence-corrected chi connectivity index (χ1v) is 10.0. The summed E-state index contributed by atoms with van der Waals surface area (Å²) >= 11 is 6.09. The van der Waals surface area contributed by atoms with Crippen molar-refractivity contribution in [1.82, 2.24) is 5.32 Å². The molecule has 3 unspecified atom stereocenters. The second kappa shape index (κ2) is 7.04. The summed E-state index contributed by atoms with van der Waals surface area (Å²) in [4.78, 5) is 36.7. The van der Waals surface area contributed by atoms with Gasteiger partial charge in [0.25, 0.3) is 0 Å². The minimum atomic E-state index is -0.988. The molecule has 3 atom stereocenters. The van der Waals surface area contributed by atoms with Crippen molar-refractivity contribution in [3.63, 3.8) is 0 Å². The Labute approximate surface area is 167 Å². The molecule has 1 aromatic carbocycles. The SMILES string of the molecule is O=C(O)CCC(=O)C1(NC2CCC3C2Cc2ccc(Cl)cc2N3C(=O)O)CC1. The number of carbonyl (C=O) groups excluding carboxylic acids is 1. The van der Waals surface area contributed by atoms with Crippen LogP contribution in [0.15, 0.2) is 18.2 Å². The Kier molecular flexibility index (Phi) is 4.83. The molecule has 1 aromatic rings. The standard InChI is InChI=1S/C20H23ClN2O5/c21-12-2-1-11-9-13-14(3-4-15(13)23(19(27)28)16(11)10-12)22-20(7-8-20)17(24)5-6-18(25)26/h1-2,10,13-15,22H,3-9H2,(H,25,26)(H,27,28). The predicted octanol–water partition coefficient (Wildman–Crippen LogP) is 3.08. The lowest BCUT2D eigenvalue weighted by atomic mass is 9.85. The molecule has 0 radical (unpaired) electrons. The smallest absolute Gasteiger partial charge is 0.412 e. The number of halogens is 1. The zero-order valence-electron chi connectivity index (χ0n) is 15.4. The van der Waals surface area contributed by atoms with Crippen molar-refractivity contribution in [2.24, 2.45) is 5.92 Å². The highest BCUT2D eigenvalue weighted by molar-refractivity contribution is 6.31. The van der Waals surface area contributed by atoms with Crippen LogP contribution in [0.25, 0.3) is 0 Å². The van der Waals surface area contributed by atoms with Gasteiger partial charge < -0.3 is 15.5 Å². The number of anilines is 1. The monoisotopic (exact) mass is 406 g/mol. The van der Waals surface area contributed by atoms with E-state index in [0.717, 1.165) is 24.8 Å². The summed E-state index contributed by atoms with van der Waals surface area (Å²) in [5.74, 6) is -0.935. The maximum absolute atomic E-state index is 12.5. The molecule has 1 amide bonds. The number of rotatable bonds is 6. The molecule has 1 aliphatic heterocycles. The highest BCUT2D eigenvalue weighted by Gasteiger charge is 2.54. The molecule has 28 heavy (non-hydrogen) atoms. The first-order valence-electron chi connectivity index (χ1n) is 9.64. The maximum Gasteiger partial charge on any atom is 0.412 e. The average Bonchev–Trinajstić information content (AvgIpc) is 3.32. The number of ketones is 1. The Morgan fingerprint density at radius 1 is 1.18 bits per heavy atom. The number of Topliss-reactive ketones (excluding diaryl/α,β-unsaturated/α-hetero) is 1. The topological polar surface area (TPSA) is 107 Å². The number of hydrogen-bond acceptors (Lipinski definition) is 4. The van der Waals surface area contributed by atoms with Crippen molar-refractivity contribution in [2.45, 2.75) is 62.6 Å². The van der Waals surface area contributed by atoms with E-state index in [4.69, 9.17) is 16.7 Å². The summed E-state index contributed by atoms with van der Waals surface area (Å²) in [6.07, 6.45) is 2.57. The largest absolute Gasteiger partial charge is 0.481 e. The molecule has 3 aliphatic rings. The van der Waals surface area contributed by atoms with Gasteiger partial charge in [-0.1, -0.05) is 17.7 Å². The number of nitrogens with zero attached hydrogens (tertiary/aromatic N) is 1. The van der Waals surface area contributed by atoms with E-state index in [1.54, 1.807) is 12.1 Å². The van der Waals surface area contributed by atoms with Gasteiger partial charge in [0.1, 0.15) is 0 Å². The van der Waals surface area contributed by atoms with Gasteiger partial charge in [0, 0.05) is 23.5 Å². The molecule has 0 bridgehead atoms. The summed E-state index contributed by atoms with van der Waals surface area (Å²) in [5, 5.41) is 22.7. The molecule has 150 valence electrons. The van der Waals surface area contributed by atoms with Gasteiger partial charge in [-0.05, 0) is 55.7 Å². The first-order chi connectivity index (χ1) is 13.3. The van der Waals surface area contributed by atoms with Crippen molar-refractivity contribution < 1.29 is 24.6 Å². The van der Waals surface area contributed by atoms with Crippen LogP contribution in [-0.4, -0.2) is 45.7 Å². The lowest BCUT2D eigenvalue weighted by Gasteiger charge is -2.39. The number of nitrogens with one attached hydrogen (secondary N) is 1. The second-order valence-corrected chi connectivity index (χ2v) is 8.52. The molecule has 4 rings (SSSR count). The predicted molar refractivity (Wildman–Crippen MR) is 103 cm³/mol. The molecule has 0 aromatic heterocycles. The summed E-state index contributed by atoms with van der Waals surface area (Å²) < 4.78 is 0. The number of hydrogen-bond donors (Lipinski definition) is 3. The zero-order chi connectivity index (χ0) is 20.1. The zero-order valence-corrected chi connectivity index (χ0v) is 16.1. The third-order valence-corrected chi connectivity index (χ3v) is 6.63. The van der Waals surface area contributed by atoms with Crippen LogP contribution in [0.3, 0.4) is 0 Å². The van der Waals surface area contributed by atoms with E-state index in [-0.39, 0.29) is 36.6 Å². The average molecular weight is 407 g/mol. The third kappa shape index (κ3) is 3.37. The molecule has 3 N–H and O–H groups in total. The van der Waals surface area contributed by atoms with E-state index in [1.165, 1.54) is 4.90 Å². The van der Waals surface area contributed by atoms with Crippen molar-refractivity contribution >= 4 is 35.1 Å². The van der Waals surface area contributed by atoms with Crippen molar-refractivity contribution in [3.05, 3.63) is 28.8 Å². The quantitative estimate of drug-likeness (QED) is 0.670. The summed E-state index contributed by atoms with van der Waals surface area (Å²) in [7, 11) is 0. The van der Waals surface area contributed by atoms with Crippen LogP contribution in [-0.2, 0) is 16.0 Å². The number of carbonyl (C=O) groups is 3. The Morgan fingerprint density at radius 2 is 1.93 bits per heavy atom. The first kappa shape index (κ1) is 19.2. The van der Waals surface area contributed by atoms with Gasteiger partial charge in [-0.15, -0.1) is 0 Å². The molecule has 2 aliphatic carbocycles. The van der Waals surface area contributed by atoms with Crippen LogP contribution in [0.4, 0.5) is 10.5 Å². The van der Waals surface area contributed by atoms with Gasteiger partial charge >= 0.3 is 12.1 Å². The molecule has 2 saturated carbocycles. The van der Waals surface area contributed by atoms with Crippen LogP contribution in [0, 0.1) is 5.92 Å². The Balaban J connectivity index is 1.54. The number of carboxylic acid groups (broad SMARTS) is 2. The van der Waals surface area contributed by atoms with Crippen LogP contribution >= 0.6 is 11.6 Å². The number of benzene rings is 1. The number of carboxylic acids is 1. The van der Waals surface area contributed by atoms with Crippen LogP contribution in [0.5, 0.6) is 0 Å². The van der Waals surface area contributed by atoms with Gasteiger partial charge in [0.2, 0.25) is 0 Å². The molecule has 7 nitrogen and oxygen atoms in total. The minimum absolute atomic E-state index is 0.0335. The normalized spacial score (nSPS) is 27.0. The van der Waals surface area contributed by atoms with Crippen molar-refractivity contribution in [3.8, 4) is 0 Å². The van der Waals surface area contributed by atoms with Gasteiger partial charge in [-0.3, -0.25) is 14.5 Å². The van der Waals surface area contributed by atoms with E-state index in [0.29, 0.717) is 23.6 Å². The molecule has 8 heteroatoms. The lowest BCUT2D eigenvalue weighted by molar-refractivity contribution is -0.139. The lowest BCUT2D eigenvalue weighted by Crippen LogP contribution is -2.53. The fourth-order valence-corrected chi connectivity index (χ4v) is 5.05. The Hall–Kier alpha value is -2.12. The van der Waals surface area contributed by atoms with Crippen LogP contribution in [0.2, 0.25) is 5.02 Å². The number of fused-ring (bicyclic) bond motifs is 2. The van der Waals surface area contributed by atoms with Gasteiger partial charge in [0.05, 0.1) is 17.6 Å². The summed E-state index contributed by atoms with van der Waals surface area (Å²) in [6, 6.07) is 5.25. The summed E-state index contributed by atoms with van der Waals surface area (Å²) in [6.45, 7) is 0. The molecule has 0 spiro atoms. The van der Waals surface area contributed by atoms with Crippen LogP contribution in [0.1, 0.15) is 44.1 Å². The summed E-state index contributed by atoms with van der Waals surface area (Å²) in [5.41, 5.74) is 0.980. The van der Waals surface area contributed by atoms with Gasteiger partial charge in [-0.25, -0.2) is 4.79 Å². The maximum atomic E-state index is 12.5. The second-order valence-electron chi connectivity index (χ2n) is 8.09. The molecule has 0 saturated heterocycles. The molecular formula is C20H23ClN2O5. The third-order valence-electron chi connectivity index (χ3n) is 6.40. The molecule has 2 fully saturated rings. The highest BCUT2D eigenvalue weighted by atomic mass is 35.5. The van der Waals surface area contributed by atoms with Crippen LogP contribution < -0.4 is 10.2 Å². The van der Waals surface area contributed by atoms with E-state index in [9.17, 15) is 19.5 Å². The fraction of sp³-hybridized carbons (Fsp3) is 0.550. The Bertz CT molecular complexity index is 838. The minimum Gasteiger partial charge on any atom is -0.481 e. The number of aliphatic carboxylic acids is 1. The highest BCUT2D eigenvalue weighted by Crippen LogP contribution is 2.46. The Morgan fingerprint density at radius 3 is 2.57 bits per heavy atom. The van der Waals surface area contributed by atoms with Gasteiger partial charge in [-0.2, -0.15) is 0 Å². The molecule has 1 heterocycles. The van der Waals surface area contributed by atoms with Crippen molar-refractivity contribution in [1.29, 1.82) is 0 Å². The van der Waals surface area contributed by atoms with Crippen molar-refractivity contribution in [2.75, 3.05) is 4.90 Å². The fourth-order valence-electron chi connectivity index (χ4n) is 4.88.